The summed E-state index contributed by atoms with van der Waals surface area (Å²) >= 11 is 0. The summed E-state index contributed by atoms with van der Waals surface area (Å²) in [7, 11) is 0. The molecule has 0 unspecified atom stereocenters. The maximum absolute atomic E-state index is 10.7. The van der Waals surface area contributed by atoms with Gasteiger partial charge in [0.2, 0.25) is 0 Å². The van der Waals surface area contributed by atoms with Crippen LogP contribution >= 0.6 is 0 Å². The zero-order valence-corrected chi connectivity index (χ0v) is 12.7. The van der Waals surface area contributed by atoms with E-state index in [1.807, 2.05) is 0 Å². The second-order valence-electron chi connectivity index (χ2n) is 6.10. The van der Waals surface area contributed by atoms with Crippen molar-refractivity contribution in [1.29, 1.82) is 0 Å². The third-order valence-corrected chi connectivity index (χ3v) is 3.93. The van der Waals surface area contributed by atoms with E-state index in [9.17, 15) is 4.79 Å². The van der Waals surface area contributed by atoms with Crippen LogP contribution in [0, 0.1) is 17.8 Å². The van der Waals surface area contributed by atoms with Gasteiger partial charge in [0.15, 0.2) is 0 Å². The highest BCUT2D eigenvalue weighted by atomic mass is 16.4. The van der Waals surface area contributed by atoms with Crippen LogP contribution in [-0.4, -0.2) is 11.1 Å². The highest BCUT2D eigenvalue weighted by molar-refractivity contribution is 5.69. The first kappa shape index (κ1) is 17.5. The summed E-state index contributed by atoms with van der Waals surface area (Å²) in [5.41, 5.74) is 0. The van der Waals surface area contributed by atoms with Crippen LogP contribution in [0.1, 0.15) is 79.1 Å². The van der Waals surface area contributed by atoms with E-state index in [-0.39, 0.29) is 5.92 Å². The number of carbonyl (C=O) groups is 1. The van der Waals surface area contributed by atoms with Crippen molar-refractivity contribution in [3.63, 3.8) is 0 Å². The molecule has 0 heterocycles. The standard InChI is InChI=1S/C16H32O2/c1-5-8-13(2)9-6-10-14(3)11-7-12-15(4)16(17)18/h13-15H,5-12H2,1-4H3,(H,17,18)/t13-,14-,15-/m1/s1. The van der Waals surface area contributed by atoms with Gasteiger partial charge in [-0.1, -0.05) is 72.6 Å². The fourth-order valence-electron chi connectivity index (χ4n) is 2.49. The lowest BCUT2D eigenvalue weighted by Crippen LogP contribution is -2.09. The summed E-state index contributed by atoms with van der Waals surface area (Å²) in [6.07, 6.45) is 9.69. The average Bonchev–Trinajstić information content (AvgIpc) is 2.29. The molecule has 0 aliphatic rings. The third-order valence-electron chi connectivity index (χ3n) is 3.93. The molecule has 0 saturated carbocycles. The molecule has 1 N–H and O–H groups in total. The van der Waals surface area contributed by atoms with Gasteiger partial charge in [-0.2, -0.15) is 0 Å². The van der Waals surface area contributed by atoms with Crippen LogP contribution in [0.3, 0.4) is 0 Å². The van der Waals surface area contributed by atoms with Crippen molar-refractivity contribution in [3.8, 4) is 0 Å². The summed E-state index contributed by atoms with van der Waals surface area (Å²) in [5.74, 6) is 0.784. The third kappa shape index (κ3) is 9.49. The smallest absolute Gasteiger partial charge is 0.306 e. The van der Waals surface area contributed by atoms with Gasteiger partial charge in [0.25, 0.3) is 0 Å². The van der Waals surface area contributed by atoms with Gasteiger partial charge in [0, 0.05) is 0 Å². The van der Waals surface area contributed by atoms with Gasteiger partial charge in [-0.25, -0.2) is 0 Å². The van der Waals surface area contributed by atoms with E-state index < -0.39 is 5.97 Å². The molecule has 0 aliphatic carbocycles. The largest absolute Gasteiger partial charge is 0.481 e. The molecule has 3 atom stereocenters. The minimum atomic E-state index is -0.656. The van der Waals surface area contributed by atoms with Crippen molar-refractivity contribution in [3.05, 3.63) is 0 Å². The van der Waals surface area contributed by atoms with Crippen molar-refractivity contribution >= 4 is 5.97 Å². The molecule has 2 heteroatoms. The second kappa shape index (κ2) is 10.4. The Kier molecular flexibility index (Phi) is 10.1. The lowest BCUT2D eigenvalue weighted by atomic mass is 9.92. The Bertz CT molecular complexity index is 213. The normalized spacial score (nSPS) is 16.2. The minimum absolute atomic E-state index is 0.179. The molecule has 0 aromatic rings. The average molecular weight is 256 g/mol. The van der Waals surface area contributed by atoms with E-state index in [4.69, 9.17) is 5.11 Å². The van der Waals surface area contributed by atoms with Crippen LogP contribution in [0.4, 0.5) is 0 Å². The number of carboxylic acids is 1. The molecule has 0 amide bonds. The van der Waals surface area contributed by atoms with E-state index in [0.717, 1.165) is 24.7 Å². The van der Waals surface area contributed by atoms with Crippen LogP contribution in [0.2, 0.25) is 0 Å². The lowest BCUT2D eigenvalue weighted by molar-refractivity contribution is -0.141. The first-order valence-electron chi connectivity index (χ1n) is 7.70. The summed E-state index contributed by atoms with van der Waals surface area (Å²) in [6.45, 7) is 8.71. The molecular weight excluding hydrogens is 224 g/mol. The molecule has 0 aliphatic heterocycles. The molecule has 0 aromatic heterocycles. The molecule has 2 nitrogen and oxygen atoms in total. The lowest BCUT2D eigenvalue weighted by Gasteiger charge is -2.14. The Hall–Kier alpha value is -0.530. The van der Waals surface area contributed by atoms with E-state index in [2.05, 4.69) is 20.8 Å². The van der Waals surface area contributed by atoms with Gasteiger partial charge in [0.05, 0.1) is 5.92 Å². The summed E-state index contributed by atoms with van der Waals surface area (Å²) < 4.78 is 0. The molecule has 0 aromatic carbocycles. The number of rotatable bonds is 11. The van der Waals surface area contributed by atoms with Crippen LogP contribution < -0.4 is 0 Å². The Morgan fingerprint density at radius 3 is 1.78 bits per heavy atom. The Morgan fingerprint density at radius 2 is 1.33 bits per heavy atom. The zero-order chi connectivity index (χ0) is 14.0. The molecule has 0 radical (unpaired) electrons. The fraction of sp³-hybridized carbons (Fsp3) is 0.938. The topological polar surface area (TPSA) is 37.3 Å². The summed E-state index contributed by atoms with van der Waals surface area (Å²) in [4.78, 5) is 10.7. The van der Waals surface area contributed by atoms with Crippen molar-refractivity contribution in [2.75, 3.05) is 0 Å². The monoisotopic (exact) mass is 256 g/mol. The van der Waals surface area contributed by atoms with Crippen molar-refractivity contribution in [2.24, 2.45) is 17.8 Å². The van der Waals surface area contributed by atoms with Gasteiger partial charge >= 0.3 is 5.97 Å². The van der Waals surface area contributed by atoms with Gasteiger partial charge < -0.3 is 5.11 Å². The van der Waals surface area contributed by atoms with Crippen LogP contribution in [0.25, 0.3) is 0 Å². The van der Waals surface area contributed by atoms with Gasteiger partial charge in [-0.05, 0) is 18.3 Å². The van der Waals surface area contributed by atoms with Crippen LogP contribution in [0.5, 0.6) is 0 Å². The summed E-state index contributed by atoms with van der Waals surface area (Å²) in [5, 5.41) is 8.80. The first-order valence-corrected chi connectivity index (χ1v) is 7.70. The number of hydrogen-bond acceptors (Lipinski definition) is 1. The van der Waals surface area contributed by atoms with Crippen molar-refractivity contribution in [1.82, 2.24) is 0 Å². The van der Waals surface area contributed by atoms with Gasteiger partial charge in [0.1, 0.15) is 0 Å². The number of aliphatic carboxylic acids is 1. The highest BCUT2D eigenvalue weighted by Crippen LogP contribution is 2.20. The summed E-state index contributed by atoms with van der Waals surface area (Å²) in [6, 6.07) is 0. The van der Waals surface area contributed by atoms with Gasteiger partial charge in [-0.3, -0.25) is 4.79 Å². The Morgan fingerprint density at radius 1 is 0.889 bits per heavy atom. The Labute approximate surface area is 113 Å². The number of hydrogen-bond donors (Lipinski definition) is 1. The molecular formula is C16H32O2. The second-order valence-corrected chi connectivity index (χ2v) is 6.10. The molecule has 0 saturated heterocycles. The quantitative estimate of drug-likeness (QED) is 0.557. The Balaban J connectivity index is 3.48. The molecule has 0 spiro atoms. The maximum atomic E-state index is 10.7. The zero-order valence-electron chi connectivity index (χ0n) is 12.7. The minimum Gasteiger partial charge on any atom is -0.481 e. The molecule has 0 rings (SSSR count). The predicted molar refractivity (Wildman–Crippen MR) is 77.7 cm³/mol. The SMILES string of the molecule is CCC[C@@H](C)CCC[C@@H](C)CCC[C@@H](C)C(=O)O. The van der Waals surface area contributed by atoms with Crippen molar-refractivity contribution in [2.45, 2.75) is 79.1 Å². The van der Waals surface area contributed by atoms with Gasteiger partial charge in [-0.15, -0.1) is 0 Å². The van der Waals surface area contributed by atoms with E-state index in [1.54, 1.807) is 6.92 Å². The fourth-order valence-corrected chi connectivity index (χ4v) is 2.49. The first-order chi connectivity index (χ1) is 8.47. The van der Waals surface area contributed by atoms with E-state index >= 15 is 0 Å². The van der Waals surface area contributed by atoms with E-state index in [1.165, 1.54) is 38.5 Å². The predicted octanol–water partition coefficient (Wildman–Crippen LogP) is 5.12. The molecule has 108 valence electrons. The van der Waals surface area contributed by atoms with Crippen LogP contribution in [-0.2, 0) is 4.79 Å². The maximum Gasteiger partial charge on any atom is 0.306 e. The number of carboxylic acid groups (broad SMARTS) is 1. The molecule has 0 fully saturated rings. The van der Waals surface area contributed by atoms with E-state index in [0.29, 0.717) is 0 Å². The van der Waals surface area contributed by atoms with Crippen molar-refractivity contribution < 1.29 is 9.90 Å². The highest BCUT2D eigenvalue weighted by Gasteiger charge is 2.11. The van der Waals surface area contributed by atoms with Crippen LogP contribution in [0.15, 0.2) is 0 Å². The molecule has 0 bridgehead atoms. The molecule has 18 heavy (non-hydrogen) atoms.